The Morgan fingerprint density at radius 2 is 0.824 bits per heavy atom. The number of imide groups is 2. The van der Waals surface area contributed by atoms with Crippen LogP contribution in [0, 0.1) is 0 Å². The molecule has 34 heavy (non-hydrogen) atoms. The van der Waals surface area contributed by atoms with Gasteiger partial charge in [0.1, 0.15) is 0 Å². The van der Waals surface area contributed by atoms with Crippen LogP contribution in [0.3, 0.4) is 0 Å². The second-order valence-corrected chi connectivity index (χ2v) is 8.51. The molecule has 0 radical (unpaired) electrons. The summed E-state index contributed by atoms with van der Waals surface area (Å²) in [6.45, 7) is 0. The molecule has 0 fully saturated rings. The van der Waals surface area contributed by atoms with Gasteiger partial charge in [-0.3, -0.25) is 29.0 Å². The highest BCUT2D eigenvalue weighted by Crippen LogP contribution is 2.45. The second kappa shape index (κ2) is 6.96. The summed E-state index contributed by atoms with van der Waals surface area (Å²) in [6.07, 6.45) is 0. The number of hydrogen-bond donors (Lipinski definition) is 0. The molecule has 0 aromatic heterocycles. The van der Waals surface area contributed by atoms with E-state index in [1.807, 2.05) is 60.7 Å². The van der Waals surface area contributed by atoms with Crippen molar-refractivity contribution in [2.75, 3.05) is 14.1 Å². The largest absolute Gasteiger partial charge is 0.277 e. The molecule has 0 atom stereocenters. The van der Waals surface area contributed by atoms with E-state index in [9.17, 15) is 19.2 Å². The molecule has 0 spiro atoms. The smallest absolute Gasteiger partial charge is 0.261 e. The lowest BCUT2D eigenvalue weighted by Gasteiger charge is -2.32. The van der Waals surface area contributed by atoms with Crippen molar-refractivity contribution in [3.8, 4) is 22.3 Å². The van der Waals surface area contributed by atoms with Crippen LogP contribution in [0.2, 0.25) is 0 Å². The molecule has 2 heterocycles. The SMILES string of the molecule is CN1C(=O)c2cc(-c3ccccc3)c3c4c(cc(-c5ccccc5)c(c24)C1=O)C(=O)N(C)C3=O. The van der Waals surface area contributed by atoms with Gasteiger partial charge in [-0.1, -0.05) is 60.7 Å². The lowest BCUT2D eigenvalue weighted by atomic mass is 9.79. The zero-order valence-corrected chi connectivity index (χ0v) is 18.5. The van der Waals surface area contributed by atoms with Crippen LogP contribution in [-0.4, -0.2) is 47.5 Å². The van der Waals surface area contributed by atoms with Gasteiger partial charge in [0.25, 0.3) is 23.6 Å². The third-order valence-corrected chi connectivity index (χ3v) is 6.68. The molecule has 0 bridgehead atoms. The summed E-state index contributed by atoms with van der Waals surface area (Å²) in [5.41, 5.74) is 3.88. The highest BCUT2D eigenvalue weighted by Gasteiger charge is 2.41. The Morgan fingerprint density at radius 1 is 0.471 bits per heavy atom. The van der Waals surface area contributed by atoms with Crippen molar-refractivity contribution >= 4 is 34.4 Å². The van der Waals surface area contributed by atoms with E-state index in [0.717, 1.165) is 20.9 Å². The highest BCUT2D eigenvalue weighted by molar-refractivity contribution is 6.36. The fourth-order valence-corrected chi connectivity index (χ4v) is 4.99. The Labute approximate surface area is 195 Å². The monoisotopic (exact) mass is 446 g/mol. The van der Waals surface area contributed by atoms with E-state index in [2.05, 4.69) is 0 Å². The van der Waals surface area contributed by atoms with Crippen LogP contribution in [0.15, 0.2) is 72.8 Å². The van der Waals surface area contributed by atoms with Gasteiger partial charge in [-0.15, -0.1) is 0 Å². The molecule has 6 nitrogen and oxygen atoms in total. The van der Waals surface area contributed by atoms with Gasteiger partial charge < -0.3 is 0 Å². The summed E-state index contributed by atoms with van der Waals surface area (Å²) < 4.78 is 0. The van der Waals surface area contributed by atoms with Gasteiger partial charge in [0.15, 0.2) is 0 Å². The summed E-state index contributed by atoms with van der Waals surface area (Å²) in [6, 6.07) is 21.9. The first-order valence-electron chi connectivity index (χ1n) is 10.8. The van der Waals surface area contributed by atoms with E-state index in [1.165, 1.54) is 14.1 Å². The molecule has 0 unspecified atom stereocenters. The third-order valence-electron chi connectivity index (χ3n) is 6.68. The average molecular weight is 446 g/mol. The van der Waals surface area contributed by atoms with Crippen molar-refractivity contribution < 1.29 is 19.2 Å². The van der Waals surface area contributed by atoms with Crippen LogP contribution in [0.25, 0.3) is 33.0 Å². The van der Waals surface area contributed by atoms with E-state index in [4.69, 9.17) is 0 Å². The number of carbonyl (C=O) groups excluding carboxylic acids is 4. The topological polar surface area (TPSA) is 74.8 Å². The zero-order valence-electron chi connectivity index (χ0n) is 18.5. The van der Waals surface area contributed by atoms with Crippen LogP contribution in [0.4, 0.5) is 0 Å². The van der Waals surface area contributed by atoms with Crippen molar-refractivity contribution in [2.24, 2.45) is 0 Å². The minimum absolute atomic E-state index is 0.305. The van der Waals surface area contributed by atoms with E-state index in [0.29, 0.717) is 44.2 Å². The molecular weight excluding hydrogens is 428 g/mol. The number of hydrogen-bond acceptors (Lipinski definition) is 4. The van der Waals surface area contributed by atoms with Crippen LogP contribution in [0.5, 0.6) is 0 Å². The van der Waals surface area contributed by atoms with Gasteiger partial charge in [-0.2, -0.15) is 0 Å². The molecule has 0 N–H and O–H groups in total. The van der Waals surface area contributed by atoms with Crippen LogP contribution >= 0.6 is 0 Å². The summed E-state index contributed by atoms with van der Waals surface area (Å²) >= 11 is 0. The van der Waals surface area contributed by atoms with E-state index < -0.39 is 23.6 Å². The van der Waals surface area contributed by atoms with Gasteiger partial charge in [-0.05, 0) is 34.4 Å². The van der Waals surface area contributed by atoms with Crippen molar-refractivity contribution in [1.29, 1.82) is 0 Å². The summed E-state index contributed by atoms with van der Waals surface area (Å²) in [5, 5.41) is 0.739. The van der Waals surface area contributed by atoms with Gasteiger partial charge in [0.05, 0.1) is 11.1 Å². The number of nitrogens with zero attached hydrogens (tertiary/aromatic N) is 2. The standard InChI is InChI=1S/C28H18N2O4/c1-29-25(31)19-13-18(16-11-7-4-8-12-16)24-22-20(26(32)30(2)28(24)34)14-17(15-9-5-3-6-10-15)23(21(19)22)27(29)33/h3-14H,1-2H3. The Bertz CT molecular complexity index is 1470. The van der Waals surface area contributed by atoms with Crippen LogP contribution in [0.1, 0.15) is 41.4 Å². The number of amides is 4. The second-order valence-electron chi connectivity index (χ2n) is 8.51. The molecule has 4 aromatic carbocycles. The van der Waals surface area contributed by atoms with Crippen LogP contribution in [-0.2, 0) is 0 Å². The van der Waals surface area contributed by atoms with E-state index in [1.54, 1.807) is 12.1 Å². The molecule has 0 saturated heterocycles. The van der Waals surface area contributed by atoms with E-state index >= 15 is 0 Å². The highest BCUT2D eigenvalue weighted by atomic mass is 16.2. The van der Waals surface area contributed by atoms with E-state index in [-0.39, 0.29) is 0 Å². The lowest BCUT2D eigenvalue weighted by Crippen LogP contribution is -2.41. The first kappa shape index (κ1) is 20.1. The van der Waals surface area contributed by atoms with Crippen LogP contribution < -0.4 is 0 Å². The Kier molecular flexibility index (Phi) is 4.10. The lowest BCUT2D eigenvalue weighted by molar-refractivity contribution is 0.0630. The first-order valence-corrected chi connectivity index (χ1v) is 10.8. The predicted octanol–water partition coefficient (Wildman–Crippen LogP) is 4.63. The quantitative estimate of drug-likeness (QED) is 0.421. The predicted molar refractivity (Wildman–Crippen MR) is 128 cm³/mol. The zero-order chi connectivity index (χ0) is 23.7. The molecule has 2 aliphatic rings. The summed E-state index contributed by atoms with van der Waals surface area (Å²) in [7, 11) is 2.91. The third kappa shape index (κ3) is 2.50. The minimum Gasteiger partial charge on any atom is -0.277 e. The van der Waals surface area contributed by atoms with Gasteiger partial charge in [0, 0.05) is 36.0 Å². The maximum atomic E-state index is 13.4. The fourth-order valence-electron chi connectivity index (χ4n) is 4.99. The fraction of sp³-hybridized carbons (Fsp3) is 0.0714. The molecule has 2 aliphatic heterocycles. The van der Waals surface area contributed by atoms with Gasteiger partial charge in [0.2, 0.25) is 0 Å². The minimum atomic E-state index is -0.462. The number of benzene rings is 4. The average Bonchev–Trinajstić information content (AvgIpc) is 2.88. The first-order chi connectivity index (χ1) is 16.4. The molecule has 6 heteroatoms. The number of carbonyl (C=O) groups is 4. The molecule has 0 aliphatic carbocycles. The van der Waals surface area contributed by atoms with Crippen molar-refractivity contribution in [3.63, 3.8) is 0 Å². The Morgan fingerprint density at radius 3 is 1.18 bits per heavy atom. The molecule has 164 valence electrons. The Balaban J connectivity index is 1.87. The van der Waals surface area contributed by atoms with Gasteiger partial charge >= 0.3 is 0 Å². The number of rotatable bonds is 2. The van der Waals surface area contributed by atoms with Gasteiger partial charge in [-0.25, -0.2) is 0 Å². The maximum Gasteiger partial charge on any atom is 0.261 e. The molecule has 4 aromatic rings. The summed E-state index contributed by atoms with van der Waals surface area (Å²) in [5.74, 6) is -1.84. The molecule has 4 amide bonds. The molecule has 0 saturated carbocycles. The maximum absolute atomic E-state index is 13.4. The Hall–Kier alpha value is -4.58. The molecular formula is C28H18N2O4. The van der Waals surface area contributed by atoms with Crippen molar-refractivity contribution in [3.05, 3.63) is 95.1 Å². The normalized spacial score (nSPS) is 14.9. The summed E-state index contributed by atoms with van der Waals surface area (Å²) in [4.78, 5) is 55.7. The molecule has 6 rings (SSSR count). The van der Waals surface area contributed by atoms with Crippen molar-refractivity contribution in [1.82, 2.24) is 9.80 Å². The van der Waals surface area contributed by atoms with Crippen molar-refractivity contribution in [2.45, 2.75) is 0 Å².